The van der Waals surface area contributed by atoms with E-state index < -0.39 is 11.7 Å². The minimum atomic E-state index is -0.887. The second-order valence-electron chi connectivity index (χ2n) is 3.99. The molecule has 0 saturated carbocycles. The minimum absolute atomic E-state index is 0.0830. The van der Waals surface area contributed by atoms with Crippen molar-refractivity contribution in [2.24, 2.45) is 10.1 Å². The summed E-state index contributed by atoms with van der Waals surface area (Å²) >= 11 is 0. The van der Waals surface area contributed by atoms with Gasteiger partial charge in [0, 0.05) is 11.1 Å². The molecule has 2 unspecified atom stereocenters. The van der Waals surface area contributed by atoms with E-state index in [0.29, 0.717) is 7.48 Å². The number of aliphatic hydroxyl groups excluding tert-OH is 1. The topological polar surface area (TPSA) is 90.6 Å². The van der Waals surface area contributed by atoms with Gasteiger partial charge >= 0.3 is 7.48 Å². The van der Waals surface area contributed by atoms with Crippen molar-refractivity contribution < 1.29 is 9.76 Å². The van der Waals surface area contributed by atoms with Crippen LogP contribution < -0.4 is 0 Å². The van der Waals surface area contributed by atoms with E-state index >= 15 is 0 Å². The zero-order valence-electron chi connectivity index (χ0n) is 10.6. The Labute approximate surface area is 102 Å². The molecular weight excluding hydrogens is 219 g/mol. The van der Waals surface area contributed by atoms with Crippen molar-refractivity contribution in [2.75, 3.05) is 6.54 Å². The number of aliphatic imine (C=N–C) groups is 1. The van der Waals surface area contributed by atoms with Gasteiger partial charge in [-0.15, -0.1) is 0 Å². The van der Waals surface area contributed by atoms with Crippen LogP contribution in [0, 0.1) is 0 Å². The van der Waals surface area contributed by atoms with E-state index in [1.807, 2.05) is 6.92 Å². The Bertz CT molecular complexity index is 326. The van der Waals surface area contributed by atoms with Crippen LogP contribution in [0.2, 0.25) is 0 Å². The molecule has 7 heteroatoms. The summed E-state index contributed by atoms with van der Waals surface area (Å²) in [6.07, 6.45) is 1.69. The third-order valence-electron chi connectivity index (χ3n) is 2.65. The lowest BCUT2D eigenvalue weighted by atomic mass is 9.83. The summed E-state index contributed by atoms with van der Waals surface area (Å²) in [6, 6.07) is 0. The highest BCUT2D eigenvalue weighted by Crippen LogP contribution is 2.17. The molecule has 0 saturated heterocycles. The number of rotatable bonds is 8. The van der Waals surface area contributed by atoms with Gasteiger partial charge in [0.1, 0.15) is 0 Å². The molecular formula is C10H19BN4O2. The predicted octanol–water partition coefficient (Wildman–Crippen LogP) is 1.76. The standard InChI is InChI=1S/C10H19BN4O2/c1-5-9(6-13-4)11-17-10(3,8(2)16)7-14-15-12/h6,8,11,16H,4-5,7H2,1-3H3/b9-6+. The first kappa shape index (κ1) is 15.7. The largest absolute Gasteiger partial charge is 0.427 e. The zero-order valence-corrected chi connectivity index (χ0v) is 10.6. The van der Waals surface area contributed by atoms with Gasteiger partial charge in [-0.25, -0.2) is 0 Å². The summed E-state index contributed by atoms with van der Waals surface area (Å²) in [4.78, 5) is 6.36. The van der Waals surface area contributed by atoms with E-state index in [2.05, 4.69) is 21.7 Å². The third-order valence-corrected chi connectivity index (χ3v) is 2.65. The van der Waals surface area contributed by atoms with Gasteiger partial charge in [-0.1, -0.05) is 17.5 Å². The first-order chi connectivity index (χ1) is 8.00. The normalized spacial score (nSPS) is 16.6. The van der Waals surface area contributed by atoms with Gasteiger partial charge in [0.25, 0.3) is 0 Å². The van der Waals surface area contributed by atoms with Crippen LogP contribution in [0.1, 0.15) is 27.2 Å². The number of azide groups is 1. The van der Waals surface area contributed by atoms with Gasteiger partial charge in [-0.05, 0) is 32.5 Å². The van der Waals surface area contributed by atoms with Crippen LogP contribution in [0.5, 0.6) is 0 Å². The van der Waals surface area contributed by atoms with E-state index in [-0.39, 0.29) is 6.54 Å². The molecule has 0 spiro atoms. The molecule has 94 valence electrons. The van der Waals surface area contributed by atoms with Crippen molar-refractivity contribution in [1.29, 1.82) is 0 Å². The summed E-state index contributed by atoms with van der Waals surface area (Å²) in [7, 11) is 0.331. The molecule has 0 aromatic rings. The Kier molecular flexibility index (Phi) is 7.29. The fourth-order valence-corrected chi connectivity index (χ4v) is 1.09. The van der Waals surface area contributed by atoms with E-state index in [9.17, 15) is 5.11 Å². The second kappa shape index (κ2) is 7.89. The molecule has 0 aromatic carbocycles. The summed E-state index contributed by atoms with van der Waals surface area (Å²) in [5.41, 5.74) is 8.38. The van der Waals surface area contributed by atoms with Crippen LogP contribution in [0.25, 0.3) is 10.4 Å². The Morgan fingerprint density at radius 2 is 2.41 bits per heavy atom. The second-order valence-corrected chi connectivity index (χ2v) is 3.99. The van der Waals surface area contributed by atoms with E-state index in [1.165, 1.54) is 0 Å². The molecule has 0 amide bonds. The monoisotopic (exact) mass is 238 g/mol. The quantitative estimate of drug-likeness (QED) is 0.229. The molecule has 0 bridgehead atoms. The zero-order chi connectivity index (χ0) is 13.3. The van der Waals surface area contributed by atoms with Crippen molar-refractivity contribution in [2.45, 2.75) is 38.9 Å². The predicted molar refractivity (Wildman–Crippen MR) is 70.3 cm³/mol. The number of aliphatic hydroxyl groups is 1. The molecule has 0 heterocycles. The highest BCUT2D eigenvalue weighted by molar-refractivity contribution is 6.38. The van der Waals surface area contributed by atoms with Crippen LogP contribution in [0.3, 0.4) is 0 Å². The van der Waals surface area contributed by atoms with Gasteiger partial charge in [-0.3, -0.25) is 4.99 Å². The molecule has 6 nitrogen and oxygen atoms in total. The molecule has 0 aliphatic heterocycles. The molecule has 0 rings (SSSR count). The van der Waals surface area contributed by atoms with Crippen molar-refractivity contribution in [3.05, 3.63) is 22.1 Å². The lowest BCUT2D eigenvalue weighted by Crippen LogP contribution is -2.44. The molecule has 0 aromatic heterocycles. The van der Waals surface area contributed by atoms with Crippen LogP contribution in [0.15, 0.2) is 21.8 Å². The van der Waals surface area contributed by atoms with Crippen molar-refractivity contribution >= 4 is 14.2 Å². The Hall–Kier alpha value is -1.30. The average molecular weight is 238 g/mol. The molecule has 1 N–H and O–H groups in total. The fourth-order valence-electron chi connectivity index (χ4n) is 1.09. The maximum Gasteiger partial charge on any atom is 0.306 e. The van der Waals surface area contributed by atoms with Crippen LogP contribution in [-0.4, -0.2) is 37.6 Å². The summed E-state index contributed by atoms with van der Waals surface area (Å²) in [5, 5.41) is 13.1. The highest BCUT2D eigenvalue weighted by Gasteiger charge is 2.30. The third kappa shape index (κ3) is 5.54. The van der Waals surface area contributed by atoms with E-state index in [4.69, 9.17) is 10.2 Å². The van der Waals surface area contributed by atoms with Gasteiger partial charge < -0.3 is 9.76 Å². The van der Waals surface area contributed by atoms with Crippen molar-refractivity contribution in [3.8, 4) is 0 Å². The first-order valence-electron chi connectivity index (χ1n) is 5.46. The fraction of sp³-hybridized carbons (Fsp3) is 0.700. The van der Waals surface area contributed by atoms with Crippen LogP contribution in [-0.2, 0) is 4.65 Å². The molecule has 2 atom stereocenters. The Morgan fingerprint density at radius 1 is 1.76 bits per heavy atom. The lowest BCUT2D eigenvalue weighted by molar-refractivity contribution is -0.0223. The van der Waals surface area contributed by atoms with Gasteiger partial charge in [0.05, 0.1) is 18.2 Å². The summed E-state index contributed by atoms with van der Waals surface area (Å²) in [6.45, 7) is 8.76. The van der Waals surface area contributed by atoms with Crippen LogP contribution in [0.4, 0.5) is 0 Å². The maximum absolute atomic E-state index is 9.65. The van der Waals surface area contributed by atoms with Gasteiger partial charge in [0.15, 0.2) is 0 Å². The smallest absolute Gasteiger partial charge is 0.306 e. The van der Waals surface area contributed by atoms with Crippen molar-refractivity contribution in [3.63, 3.8) is 0 Å². The first-order valence-corrected chi connectivity index (χ1v) is 5.46. The maximum atomic E-state index is 9.65. The number of nitrogens with zero attached hydrogens (tertiary/aromatic N) is 4. The molecule has 0 radical (unpaired) electrons. The summed E-state index contributed by atoms with van der Waals surface area (Å²) in [5.74, 6) is 0. The minimum Gasteiger partial charge on any atom is -0.427 e. The van der Waals surface area contributed by atoms with Crippen LogP contribution >= 0.6 is 0 Å². The Morgan fingerprint density at radius 3 is 2.82 bits per heavy atom. The highest BCUT2D eigenvalue weighted by atomic mass is 16.5. The van der Waals surface area contributed by atoms with E-state index in [1.54, 1.807) is 20.0 Å². The van der Waals surface area contributed by atoms with Crippen molar-refractivity contribution in [1.82, 2.24) is 0 Å². The number of allylic oxidation sites excluding steroid dienone is 1. The summed E-state index contributed by atoms with van der Waals surface area (Å²) < 4.78 is 5.63. The average Bonchev–Trinajstić information content (AvgIpc) is 2.31. The SMILES string of the molecule is C=N/C=C(/BOC(C)(CN=[N+]=[N-])C(C)O)CC. The number of hydrogen-bond donors (Lipinski definition) is 1. The van der Waals surface area contributed by atoms with E-state index in [0.717, 1.165) is 11.9 Å². The van der Waals surface area contributed by atoms with Gasteiger partial charge in [-0.2, -0.15) is 0 Å². The Balaban J connectivity index is 4.60. The number of hydrogen-bond acceptors (Lipinski definition) is 4. The molecule has 17 heavy (non-hydrogen) atoms. The van der Waals surface area contributed by atoms with Gasteiger partial charge in [0.2, 0.25) is 0 Å². The molecule has 0 aliphatic carbocycles. The molecule has 0 aliphatic rings. The lowest BCUT2D eigenvalue weighted by Gasteiger charge is -2.32. The molecule has 0 fully saturated rings.